The fraction of sp³-hybridized carbons (Fsp3) is 0.425. The average Bonchev–Trinajstić information content (AvgIpc) is 3.50. The lowest BCUT2D eigenvalue weighted by molar-refractivity contribution is -0.164. The first kappa shape index (κ1) is 35.8. The SMILES string of the molecule is C=CCOC1(C)CCN(c2c(C(OC(C)(C)C)C(=O)OC)c(C)nc3cc(-c4cccc(-c5cc(C)ccc5OC(C)C=C)c4)nn23)CC1. The number of hydrogen-bond donors (Lipinski definition) is 0. The predicted octanol–water partition coefficient (Wildman–Crippen LogP) is 8.22. The smallest absolute Gasteiger partial charge is 0.339 e. The van der Waals surface area contributed by atoms with Crippen LogP contribution in [0, 0.1) is 13.8 Å². The van der Waals surface area contributed by atoms with Gasteiger partial charge in [0.1, 0.15) is 17.7 Å². The zero-order valence-electron chi connectivity index (χ0n) is 30.2. The summed E-state index contributed by atoms with van der Waals surface area (Å²) in [5, 5.41) is 5.16. The summed E-state index contributed by atoms with van der Waals surface area (Å²) in [6, 6.07) is 16.5. The molecule has 2 aromatic heterocycles. The molecule has 260 valence electrons. The number of ether oxygens (including phenoxy) is 4. The molecule has 0 radical (unpaired) electrons. The number of fused-ring (bicyclic) bond motifs is 1. The van der Waals surface area contributed by atoms with Crippen molar-refractivity contribution in [3.05, 3.63) is 90.7 Å². The van der Waals surface area contributed by atoms with E-state index in [1.54, 1.807) is 12.2 Å². The summed E-state index contributed by atoms with van der Waals surface area (Å²) in [5.74, 6) is 1.07. The number of aryl methyl sites for hydroxylation is 2. The second kappa shape index (κ2) is 14.6. The zero-order valence-corrected chi connectivity index (χ0v) is 30.2. The van der Waals surface area contributed by atoms with Crippen molar-refractivity contribution in [2.75, 3.05) is 31.7 Å². The van der Waals surface area contributed by atoms with Crippen LogP contribution in [0.4, 0.5) is 5.82 Å². The van der Waals surface area contributed by atoms with Crippen LogP contribution >= 0.6 is 0 Å². The minimum atomic E-state index is -1.00. The van der Waals surface area contributed by atoms with Crippen LogP contribution in [0.2, 0.25) is 0 Å². The van der Waals surface area contributed by atoms with Crippen LogP contribution in [0.25, 0.3) is 28.0 Å². The van der Waals surface area contributed by atoms with E-state index >= 15 is 0 Å². The molecule has 2 atom stereocenters. The van der Waals surface area contributed by atoms with Gasteiger partial charge in [0.05, 0.1) is 36.2 Å². The molecule has 1 aliphatic heterocycles. The van der Waals surface area contributed by atoms with Gasteiger partial charge in [-0.2, -0.15) is 9.61 Å². The molecule has 1 saturated heterocycles. The van der Waals surface area contributed by atoms with Gasteiger partial charge in [-0.1, -0.05) is 48.6 Å². The lowest BCUT2D eigenvalue weighted by Crippen LogP contribution is -2.45. The Balaban J connectivity index is 1.65. The van der Waals surface area contributed by atoms with Crippen molar-refractivity contribution in [3.8, 4) is 28.1 Å². The topological polar surface area (TPSA) is 87.4 Å². The highest BCUT2D eigenvalue weighted by molar-refractivity contribution is 5.81. The molecule has 3 heterocycles. The van der Waals surface area contributed by atoms with Crippen LogP contribution in [0.15, 0.2) is 73.8 Å². The number of carbonyl (C=O) groups is 1. The van der Waals surface area contributed by atoms with E-state index in [1.165, 1.54) is 7.11 Å². The maximum atomic E-state index is 13.4. The lowest BCUT2D eigenvalue weighted by atomic mass is 9.92. The van der Waals surface area contributed by atoms with Gasteiger partial charge >= 0.3 is 5.97 Å². The molecule has 0 N–H and O–H groups in total. The largest absolute Gasteiger partial charge is 0.486 e. The van der Waals surface area contributed by atoms with Crippen LogP contribution in [0.1, 0.15) is 70.4 Å². The summed E-state index contributed by atoms with van der Waals surface area (Å²) >= 11 is 0. The Morgan fingerprint density at radius 1 is 1.06 bits per heavy atom. The summed E-state index contributed by atoms with van der Waals surface area (Å²) in [7, 11) is 1.38. The molecule has 1 aliphatic rings. The maximum Gasteiger partial charge on any atom is 0.339 e. The summed E-state index contributed by atoms with van der Waals surface area (Å²) in [4.78, 5) is 20.7. The van der Waals surface area contributed by atoms with Gasteiger partial charge in [-0.15, -0.1) is 6.58 Å². The van der Waals surface area contributed by atoms with E-state index in [0.717, 1.165) is 52.4 Å². The van der Waals surface area contributed by atoms with E-state index in [0.29, 0.717) is 36.6 Å². The minimum absolute atomic E-state index is 0.137. The molecule has 9 nitrogen and oxygen atoms in total. The fourth-order valence-electron chi connectivity index (χ4n) is 6.22. The van der Waals surface area contributed by atoms with Crippen molar-refractivity contribution >= 4 is 17.4 Å². The van der Waals surface area contributed by atoms with Crippen LogP contribution in [-0.4, -0.2) is 64.7 Å². The van der Waals surface area contributed by atoms with Crippen LogP contribution in [-0.2, 0) is 19.0 Å². The molecular formula is C40H50N4O5. The number of carbonyl (C=O) groups excluding carboxylic acids is 1. The molecule has 0 bridgehead atoms. The van der Waals surface area contributed by atoms with E-state index in [-0.39, 0.29) is 11.7 Å². The Morgan fingerprint density at radius 3 is 2.43 bits per heavy atom. The van der Waals surface area contributed by atoms with E-state index < -0.39 is 17.7 Å². The van der Waals surface area contributed by atoms with Crippen molar-refractivity contribution in [1.29, 1.82) is 0 Å². The minimum Gasteiger partial charge on any atom is -0.486 e. The number of nitrogens with zero attached hydrogens (tertiary/aromatic N) is 4. The van der Waals surface area contributed by atoms with Gasteiger partial charge in [0.25, 0.3) is 0 Å². The number of rotatable bonds is 12. The summed E-state index contributed by atoms with van der Waals surface area (Å²) < 4.78 is 25.9. The number of anilines is 1. The second-order valence-corrected chi connectivity index (χ2v) is 14.0. The van der Waals surface area contributed by atoms with Crippen molar-refractivity contribution in [1.82, 2.24) is 14.6 Å². The Kier molecular flexibility index (Phi) is 10.6. The van der Waals surface area contributed by atoms with E-state index in [1.807, 2.05) is 69.5 Å². The molecule has 1 fully saturated rings. The van der Waals surface area contributed by atoms with Gasteiger partial charge in [0, 0.05) is 36.0 Å². The molecular weight excluding hydrogens is 616 g/mol. The molecule has 9 heteroatoms. The first-order valence-electron chi connectivity index (χ1n) is 16.9. The highest BCUT2D eigenvalue weighted by atomic mass is 16.6. The van der Waals surface area contributed by atoms with Crippen LogP contribution in [0.3, 0.4) is 0 Å². The third kappa shape index (κ3) is 8.06. The van der Waals surface area contributed by atoms with E-state index in [4.69, 9.17) is 29.0 Å². The molecule has 49 heavy (non-hydrogen) atoms. The Hall–Kier alpha value is -4.47. The highest BCUT2D eigenvalue weighted by Gasteiger charge is 2.38. The summed E-state index contributed by atoms with van der Waals surface area (Å²) in [6.07, 6.45) is 4.00. The standard InChI is InChI=1S/C40H50N4O5/c1-11-22-47-40(9)18-20-43(21-19-40)37-35(36(38(45)46-10)49-39(6,7)8)28(5)41-34-25-32(42-44(34)37)30-15-13-14-29(24-30)31-23-26(3)16-17-33(31)48-27(4)12-2/h11-17,23-25,27,36H,1-2,18-22H2,3-10H3. The zero-order chi connectivity index (χ0) is 35.5. The quantitative estimate of drug-likeness (QED) is 0.110. The van der Waals surface area contributed by atoms with Crippen molar-refractivity contribution in [2.45, 2.75) is 84.7 Å². The third-order valence-electron chi connectivity index (χ3n) is 8.87. The molecule has 0 amide bonds. The number of hydrogen-bond acceptors (Lipinski definition) is 8. The molecule has 0 spiro atoms. The molecule has 2 aromatic carbocycles. The van der Waals surface area contributed by atoms with E-state index in [2.05, 4.69) is 50.1 Å². The van der Waals surface area contributed by atoms with E-state index in [9.17, 15) is 4.79 Å². The predicted molar refractivity (Wildman–Crippen MR) is 195 cm³/mol. The molecule has 4 aromatic rings. The average molecular weight is 667 g/mol. The van der Waals surface area contributed by atoms with Gasteiger partial charge in [0.15, 0.2) is 11.8 Å². The van der Waals surface area contributed by atoms with Crippen molar-refractivity contribution in [3.63, 3.8) is 0 Å². The Bertz CT molecular complexity index is 1830. The number of benzene rings is 2. The van der Waals surface area contributed by atoms with Crippen molar-refractivity contribution in [2.24, 2.45) is 0 Å². The van der Waals surface area contributed by atoms with Crippen LogP contribution in [0.5, 0.6) is 5.75 Å². The first-order chi connectivity index (χ1) is 23.3. The normalized spacial score (nSPS) is 15.9. The number of aromatic nitrogens is 3. The van der Waals surface area contributed by atoms with Gasteiger partial charge in [-0.25, -0.2) is 9.78 Å². The van der Waals surface area contributed by atoms with Gasteiger partial charge < -0.3 is 23.8 Å². The third-order valence-corrected chi connectivity index (χ3v) is 8.87. The summed E-state index contributed by atoms with van der Waals surface area (Å²) in [5.41, 5.74) is 5.89. The fourth-order valence-corrected chi connectivity index (χ4v) is 6.22. The highest BCUT2D eigenvalue weighted by Crippen LogP contribution is 2.39. The van der Waals surface area contributed by atoms with Crippen LogP contribution < -0.4 is 9.64 Å². The number of piperidine rings is 1. The molecule has 2 unspecified atom stereocenters. The molecule has 0 saturated carbocycles. The van der Waals surface area contributed by atoms with Gasteiger partial charge in [-0.3, -0.25) is 0 Å². The van der Waals surface area contributed by atoms with Gasteiger partial charge in [0.2, 0.25) is 0 Å². The molecule has 0 aliphatic carbocycles. The Labute approximate surface area is 290 Å². The maximum absolute atomic E-state index is 13.4. The monoisotopic (exact) mass is 666 g/mol. The molecule has 5 rings (SSSR count). The number of esters is 1. The summed E-state index contributed by atoms with van der Waals surface area (Å²) in [6.45, 7) is 23.4. The van der Waals surface area contributed by atoms with Crippen molar-refractivity contribution < 1.29 is 23.7 Å². The number of methoxy groups -OCH3 is 1. The van der Waals surface area contributed by atoms with Gasteiger partial charge in [-0.05, 0) is 85.1 Å². The second-order valence-electron chi connectivity index (χ2n) is 14.0. The Morgan fingerprint density at radius 2 is 1.78 bits per heavy atom. The first-order valence-corrected chi connectivity index (χ1v) is 16.9. The lowest BCUT2D eigenvalue weighted by Gasteiger charge is -2.41.